The first-order valence-electron chi connectivity index (χ1n) is 6.72. The molecule has 1 atom stereocenters. The van der Waals surface area contributed by atoms with Gasteiger partial charge in [-0.15, -0.1) is 0 Å². The standard InChI is InChI=1S/C15H17N3O4/c1-9-8-14(18-22-9)17-15(20)10(2)21-13-6-4-12(5-7-13)16-11(3)19/h4-8,10H,1-3H3,(H,16,19)(H,17,18,20). The van der Waals surface area contributed by atoms with Crippen molar-refractivity contribution < 1.29 is 18.8 Å². The van der Waals surface area contributed by atoms with Crippen LogP contribution in [0.1, 0.15) is 19.6 Å². The van der Waals surface area contributed by atoms with Crippen LogP contribution in [0.3, 0.4) is 0 Å². The molecule has 0 bridgehead atoms. The van der Waals surface area contributed by atoms with Gasteiger partial charge < -0.3 is 19.9 Å². The largest absolute Gasteiger partial charge is 0.481 e. The smallest absolute Gasteiger partial charge is 0.266 e. The predicted molar refractivity (Wildman–Crippen MR) is 80.7 cm³/mol. The van der Waals surface area contributed by atoms with E-state index in [0.717, 1.165) is 0 Å². The van der Waals surface area contributed by atoms with E-state index in [0.29, 0.717) is 23.0 Å². The molecule has 0 spiro atoms. The second-order valence-electron chi connectivity index (χ2n) is 4.78. The summed E-state index contributed by atoms with van der Waals surface area (Å²) in [7, 11) is 0. The second-order valence-corrected chi connectivity index (χ2v) is 4.78. The molecule has 7 nitrogen and oxygen atoms in total. The minimum Gasteiger partial charge on any atom is -0.481 e. The van der Waals surface area contributed by atoms with E-state index in [4.69, 9.17) is 9.26 Å². The molecule has 1 aromatic heterocycles. The number of rotatable bonds is 5. The summed E-state index contributed by atoms with van der Waals surface area (Å²) < 4.78 is 10.4. The van der Waals surface area contributed by atoms with Gasteiger partial charge in [0.25, 0.3) is 5.91 Å². The molecule has 1 heterocycles. The van der Waals surface area contributed by atoms with Crippen molar-refractivity contribution >= 4 is 23.3 Å². The highest BCUT2D eigenvalue weighted by molar-refractivity contribution is 5.93. The number of aryl methyl sites for hydroxylation is 1. The number of nitrogens with one attached hydrogen (secondary N) is 2. The molecule has 1 aromatic carbocycles. The van der Waals surface area contributed by atoms with Gasteiger partial charge in [-0.3, -0.25) is 9.59 Å². The number of aromatic nitrogens is 1. The molecule has 0 saturated carbocycles. The lowest BCUT2D eigenvalue weighted by molar-refractivity contribution is -0.122. The molecule has 2 N–H and O–H groups in total. The molecule has 0 aliphatic carbocycles. The summed E-state index contributed by atoms with van der Waals surface area (Å²) in [6.45, 7) is 4.80. The van der Waals surface area contributed by atoms with E-state index in [9.17, 15) is 9.59 Å². The van der Waals surface area contributed by atoms with Crippen LogP contribution in [0.2, 0.25) is 0 Å². The Morgan fingerprint density at radius 3 is 2.45 bits per heavy atom. The van der Waals surface area contributed by atoms with Gasteiger partial charge >= 0.3 is 0 Å². The SMILES string of the molecule is CC(=O)Nc1ccc(OC(C)C(=O)Nc2cc(C)on2)cc1. The third kappa shape index (κ3) is 4.34. The molecule has 0 aliphatic heterocycles. The van der Waals surface area contributed by atoms with Crippen LogP contribution in [0, 0.1) is 6.92 Å². The van der Waals surface area contributed by atoms with Crippen LogP contribution in [0.25, 0.3) is 0 Å². The highest BCUT2D eigenvalue weighted by atomic mass is 16.5. The summed E-state index contributed by atoms with van der Waals surface area (Å²) in [5.41, 5.74) is 0.662. The minimum absolute atomic E-state index is 0.149. The van der Waals surface area contributed by atoms with Gasteiger partial charge in [0, 0.05) is 18.7 Å². The van der Waals surface area contributed by atoms with Gasteiger partial charge in [-0.25, -0.2) is 0 Å². The number of carbonyl (C=O) groups is 2. The van der Waals surface area contributed by atoms with E-state index in [1.807, 2.05) is 0 Å². The maximum Gasteiger partial charge on any atom is 0.266 e. The van der Waals surface area contributed by atoms with Crippen LogP contribution >= 0.6 is 0 Å². The van der Waals surface area contributed by atoms with E-state index < -0.39 is 6.10 Å². The Kier molecular flexibility index (Phi) is 4.77. The fourth-order valence-corrected chi connectivity index (χ4v) is 1.73. The lowest BCUT2D eigenvalue weighted by atomic mass is 10.3. The van der Waals surface area contributed by atoms with Crippen LogP contribution in [0.15, 0.2) is 34.9 Å². The van der Waals surface area contributed by atoms with Crippen molar-refractivity contribution in [3.05, 3.63) is 36.1 Å². The average Bonchev–Trinajstić information content (AvgIpc) is 2.85. The zero-order valence-corrected chi connectivity index (χ0v) is 12.5. The third-order valence-electron chi connectivity index (χ3n) is 2.74. The lowest BCUT2D eigenvalue weighted by Crippen LogP contribution is -2.30. The molecular formula is C15H17N3O4. The van der Waals surface area contributed by atoms with Crippen molar-refractivity contribution in [1.82, 2.24) is 5.16 Å². The second kappa shape index (κ2) is 6.75. The fraction of sp³-hybridized carbons (Fsp3) is 0.267. The van der Waals surface area contributed by atoms with Gasteiger partial charge in [0.2, 0.25) is 5.91 Å². The number of benzene rings is 1. The van der Waals surface area contributed by atoms with Crippen molar-refractivity contribution in [1.29, 1.82) is 0 Å². The Morgan fingerprint density at radius 1 is 1.23 bits per heavy atom. The molecule has 116 valence electrons. The Morgan fingerprint density at radius 2 is 1.91 bits per heavy atom. The number of ether oxygens (including phenoxy) is 1. The van der Waals surface area contributed by atoms with E-state index in [1.165, 1.54) is 6.92 Å². The summed E-state index contributed by atoms with van der Waals surface area (Å²) in [5, 5.41) is 8.93. The number of hydrogen-bond acceptors (Lipinski definition) is 5. The van der Waals surface area contributed by atoms with Crippen LogP contribution in [0.5, 0.6) is 5.75 Å². The van der Waals surface area contributed by atoms with Gasteiger partial charge in [0.1, 0.15) is 11.5 Å². The Hall–Kier alpha value is -2.83. The molecule has 7 heteroatoms. The average molecular weight is 303 g/mol. The van der Waals surface area contributed by atoms with Crippen molar-refractivity contribution in [2.24, 2.45) is 0 Å². The van der Waals surface area contributed by atoms with Crippen LogP contribution in [-0.2, 0) is 9.59 Å². The number of nitrogens with zero attached hydrogens (tertiary/aromatic N) is 1. The van der Waals surface area contributed by atoms with Crippen LogP contribution in [-0.4, -0.2) is 23.1 Å². The van der Waals surface area contributed by atoms with Gasteiger partial charge in [-0.05, 0) is 38.1 Å². The van der Waals surface area contributed by atoms with Crippen LogP contribution in [0.4, 0.5) is 11.5 Å². The Balaban J connectivity index is 1.91. The molecule has 0 radical (unpaired) electrons. The lowest BCUT2D eigenvalue weighted by Gasteiger charge is -2.14. The van der Waals surface area contributed by atoms with Gasteiger partial charge in [-0.1, -0.05) is 5.16 Å². The normalized spacial score (nSPS) is 11.6. The maximum absolute atomic E-state index is 12.0. The van der Waals surface area contributed by atoms with E-state index in [-0.39, 0.29) is 11.8 Å². The number of hydrogen-bond donors (Lipinski definition) is 2. The van der Waals surface area contributed by atoms with E-state index >= 15 is 0 Å². The quantitative estimate of drug-likeness (QED) is 0.884. The topological polar surface area (TPSA) is 93.5 Å². The molecule has 1 unspecified atom stereocenters. The van der Waals surface area contributed by atoms with Crippen molar-refractivity contribution in [2.75, 3.05) is 10.6 Å². The van der Waals surface area contributed by atoms with Crippen molar-refractivity contribution in [3.63, 3.8) is 0 Å². The number of amides is 2. The highest BCUT2D eigenvalue weighted by Gasteiger charge is 2.16. The van der Waals surface area contributed by atoms with Gasteiger partial charge in [0.05, 0.1) is 0 Å². The van der Waals surface area contributed by atoms with E-state index in [2.05, 4.69) is 15.8 Å². The maximum atomic E-state index is 12.0. The zero-order valence-electron chi connectivity index (χ0n) is 12.5. The van der Waals surface area contributed by atoms with Crippen molar-refractivity contribution in [2.45, 2.75) is 26.9 Å². The predicted octanol–water partition coefficient (Wildman–Crippen LogP) is 2.35. The highest BCUT2D eigenvalue weighted by Crippen LogP contribution is 2.17. The zero-order chi connectivity index (χ0) is 16.1. The summed E-state index contributed by atoms with van der Waals surface area (Å²) in [6.07, 6.45) is -0.705. The molecule has 0 saturated heterocycles. The summed E-state index contributed by atoms with van der Waals surface area (Å²) in [4.78, 5) is 22.9. The number of anilines is 2. The van der Waals surface area contributed by atoms with E-state index in [1.54, 1.807) is 44.2 Å². The first-order valence-corrected chi connectivity index (χ1v) is 6.72. The molecular weight excluding hydrogens is 286 g/mol. The molecule has 2 aromatic rings. The van der Waals surface area contributed by atoms with Gasteiger partial charge in [0.15, 0.2) is 11.9 Å². The summed E-state index contributed by atoms with van der Waals surface area (Å²) in [6, 6.07) is 8.36. The molecule has 2 amide bonds. The Bertz CT molecular complexity index is 664. The third-order valence-corrected chi connectivity index (χ3v) is 2.74. The molecule has 0 aliphatic rings. The minimum atomic E-state index is -0.705. The van der Waals surface area contributed by atoms with Crippen molar-refractivity contribution in [3.8, 4) is 5.75 Å². The molecule has 2 rings (SSSR count). The number of carbonyl (C=O) groups excluding carboxylic acids is 2. The fourth-order valence-electron chi connectivity index (χ4n) is 1.73. The first-order chi connectivity index (χ1) is 10.4. The van der Waals surface area contributed by atoms with Gasteiger partial charge in [-0.2, -0.15) is 0 Å². The first kappa shape index (κ1) is 15.6. The van der Waals surface area contributed by atoms with Crippen LogP contribution < -0.4 is 15.4 Å². The monoisotopic (exact) mass is 303 g/mol. The summed E-state index contributed by atoms with van der Waals surface area (Å²) >= 11 is 0. The molecule has 0 fully saturated rings. The summed E-state index contributed by atoms with van der Waals surface area (Å²) in [5.74, 6) is 0.994. The Labute approximate surface area is 127 Å². The molecule has 22 heavy (non-hydrogen) atoms.